The van der Waals surface area contributed by atoms with E-state index in [1.54, 1.807) is 0 Å². The van der Waals surface area contributed by atoms with Gasteiger partial charge in [-0.25, -0.2) is 0 Å². The van der Waals surface area contributed by atoms with E-state index in [9.17, 15) is 0 Å². The molecule has 2 atom stereocenters. The number of rotatable bonds is 3. The number of aromatic nitrogens is 1. The van der Waals surface area contributed by atoms with E-state index in [2.05, 4.69) is 88.5 Å². The molecule has 132 valence electrons. The molecule has 0 radical (unpaired) electrons. The average molecular weight is 409 g/mol. The molecule has 0 N–H and O–H groups in total. The van der Waals surface area contributed by atoms with Gasteiger partial charge in [0.2, 0.25) is 0 Å². The minimum atomic E-state index is -0.656. The Bertz CT molecular complexity index is 854. The van der Waals surface area contributed by atoms with E-state index >= 15 is 0 Å². The van der Waals surface area contributed by atoms with E-state index in [-0.39, 0.29) is 6.04 Å². The molecule has 0 saturated carbocycles. The summed E-state index contributed by atoms with van der Waals surface area (Å²) in [7, 11) is 2.16. The van der Waals surface area contributed by atoms with Gasteiger partial charge in [-0.1, -0.05) is 60.7 Å². The summed E-state index contributed by atoms with van der Waals surface area (Å²) in [5.41, 5.74) is 2.61. The van der Waals surface area contributed by atoms with E-state index in [0.717, 1.165) is 22.3 Å². The van der Waals surface area contributed by atoms with Gasteiger partial charge in [-0.3, -0.25) is 9.88 Å². The fraction of sp³-hybridized carbons (Fsp3) is 0.227. The van der Waals surface area contributed by atoms with Crippen LogP contribution in [0.25, 0.3) is 0 Å². The number of nitrogens with zero attached hydrogens (tertiary/aromatic N) is 2. The van der Waals surface area contributed by atoms with Gasteiger partial charge in [-0.05, 0) is 46.2 Å². The predicted octanol–water partition coefficient (Wildman–Crippen LogP) is 4.79. The molecule has 4 rings (SSSR count). The highest BCUT2D eigenvalue weighted by atomic mass is 79.9. The van der Waals surface area contributed by atoms with Gasteiger partial charge in [0.15, 0.2) is 5.60 Å². The molecule has 3 nitrogen and oxygen atoms in total. The summed E-state index contributed by atoms with van der Waals surface area (Å²) in [6.45, 7) is 1.54. The fourth-order valence-corrected chi connectivity index (χ4v) is 4.11. The van der Waals surface area contributed by atoms with Gasteiger partial charge in [0.25, 0.3) is 0 Å². The van der Waals surface area contributed by atoms with Gasteiger partial charge in [-0.2, -0.15) is 0 Å². The van der Waals surface area contributed by atoms with Crippen LogP contribution < -0.4 is 0 Å². The van der Waals surface area contributed by atoms with E-state index in [1.165, 1.54) is 5.56 Å². The van der Waals surface area contributed by atoms with Crippen LogP contribution in [-0.2, 0) is 10.3 Å². The molecule has 0 bridgehead atoms. The van der Waals surface area contributed by atoms with E-state index in [1.807, 2.05) is 18.3 Å². The third-order valence-corrected chi connectivity index (χ3v) is 5.49. The monoisotopic (exact) mass is 408 g/mol. The Morgan fingerprint density at radius 1 is 1.00 bits per heavy atom. The zero-order valence-corrected chi connectivity index (χ0v) is 16.3. The van der Waals surface area contributed by atoms with Crippen molar-refractivity contribution in [2.45, 2.75) is 11.6 Å². The summed E-state index contributed by atoms with van der Waals surface area (Å²) in [6, 6.07) is 25.1. The van der Waals surface area contributed by atoms with Crippen LogP contribution in [0, 0.1) is 0 Å². The van der Waals surface area contributed by atoms with Crippen molar-refractivity contribution >= 4 is 15.9 Å². The number of ether oxygens (including phenoxy) is 1. The van der Waals surface area contributed by atoms with Crippen molar-refractivity contribution in [3.8, 4) is 0 Å². The summed E-state index contributed by atoms with van der Waals surface area (Å²) in [6.07, 6.45) is 1.85. The lowest BCUT2D eigenvalue weighted by Gasteiger charge is -2.48. The zero-order valence-electron chi connectivity index (χ0n) is 14.7. The number of benzene rings is 2. The van der Waals surface area contributed by atoms with Crippen molar-refractivity contribution < 1.29 is 4.74 Å². The molecular formula is C22H21BrN2O. The normalized spacial score (nSPS) is 23.7. The van der Waals surface area contributed by atoms with Crippen LogP contribution >= 0.6 is 15.9 Å². The maximum atomic E-state index is 6.60. The lowest BCUT2D eigenvalue weighted by molar-refractivity contribution is -0.127. The smallest absolute Gasteiger partial charge is 0.154 e. The number of pyridine rings is 1. The second kappa shape index (κ2) is 7.31. The quantitative estimate of drug-likeness (QED) is 0.622. The molecule has 3 aromatic rings. The first-order valence-electron chi connectivity index (χ1n) is 8.78. The first-order valence-corrected chi connectivity index (χ1v) is 9.58. The molecule has 4 heteroatoms. The summed E-state index contributed by atoms with van der Waals surface area (Å²) < 4.78 is 7.56. The van der Waals surface area contributed by atoms with Gasteiger partial charge >= 0.3 is 0 Å². The van der Waals surface area contributed by atoms with Crippen LogP contribution in [0.5, 0.6) is 0 Å². The van der Waals surface area contributed by atoms with Crippen LogP contribution in [0.4, 0.5) is 0 Å². The molecule has 2 heterocycles. The summed E-state index contributed by atoms with van der Waals surface area (Å²) in [5, 5.41) is 0. The highest BCUT2D eigenvalue weighted by Crippen LogP contribution is 2.48. The summed E-state index contributed by atoms with van der Waals surface area (Å²) in [4.78, 5) is 7.13. The van der Waals surface area contributed by atoms with Crippen molar-refractivity contribution in [1.29, 1.82) is 0 Å². The lowest BCUT2D eigenvalue weighted by Crippen LogP contribution is -2.51. The van der Waals surface area contributed by atoms with Crippen molar-refractivity contribution in [2.24, 2.45) is 0 Å². The molecule has 2 unspecified atom stereocenters. The van der Waals surface area contributed by atoms with Gasteiger partial charge in [0, 0.05) is 17.2 Å². The number of hydrogen-bond donors (Lipinski definition) is 0. The molecular weight excluding hydrogens is 388 g/mol. The minimum absolute atomic E-state index is 0.0357. The third kappa shape index (κ3) is 2.98. The number of hydrogen-bond acceptors (Lipinski definition) is 3. The second-order valence-corrected chi connectivity index (χ2v) is 7.52. The maximum absolute atomic E-state index is 6.60. The first kappa shape index (κ1) is 17.4. The fourth-order valence-electron chi connectivity index (χ4n) is 3.88. The second-order valence-electron chi connectivity index (χ2n) is 6.61. The van der Waals surface area contributed by atoms with Crippen LogP contribution in [0.2, 0.25) is 0 Å². The van der Waals surface area contributed by atoms with Crippen LogP contribution in [0.1, 0.15) is 22.9 Å². The standard InChI is InChI=1S/C22H21BrN2O/c1-25-14-15-26-22(18-10-6-3-7-11-18,20-13-12-19(23)16-24-20)21(25)17-8-4-2-5-9-17/h2-13,16,21H,14-15H2,1H3. The largest absolute Gasteiger partial charge is 0.361 e. The predicted molar refractivity (Wildman–Crippen MR) is 107 cm³/mol. The molecule has 0 spiro atoms. The number of morpholine rings is 1. The summed E-state index contributed by atoms with van der Waals surface area (Å²) >= 11 is 3.50. The molecule has 26 heavy (non-hydrogen) atoms. The van der Waals surface area contributed by atoms with Gasteiger partial charge in [-0.15, -0.1) is 0 Å². The molecule has 1 aliphatic heterocycles. The van der Waals surface area contributed by atoms with E-state index in [0.29, 0.717) is 6.61 Å². The molecule has 0 amide bonds. The topological polar surface area (TPSA) is 25.4 Å². The molecule has 1 fully saturated rings. The van der Waals surface area contributed by atoms with Gasteiger partial charge < -0.3 is 4.74 Å². The Hall–Kier alpha value is -2.01. The molecule has 1 aromatic heterocycles. The van der Waals surface area contributed by atoms with Gasteiger partial charge in [0.05, 0.1) is 18.3 Å². The number of halogens is 1. The minimum Gasteiger partial charge on any atom is -0.361 e. The maximum Gasteiger partial charge on any atom is 0.154 e. The van der Waals surface area contributed by atoms with Crippen molar-refractivity contribution in [3.05, 3.63) is 100 Å². The van der Waals surface area contributed by atoms with Crippen molar-refractivity contribution in [1.82, 2.24) is 9.88 Å². The van der Waals surface area contributed by atoms with Crippen LogP contribution in [0.3, 0.4) is 0 Å². The third-order valence-electron chi connectivity index (χ3n) is 5.03. The molecule has 2 aromatic carbocycles. The molecule has 0 aliphatic carbocycles. The van der Waals surface area contributed by atoms with Crippen molar-refractivity contribution in [2.75, 3.05) is 20.2 Å². The van der Waals surface area contributed by atoms with E-state index in [4.69, 9.17) is 9.72 Å². The van der Waals surface area contributed by atoms with Crippen LogP contribution in [0.15, 0.2) is 83.5 Å². The van der Waals surface area contributed by atoms with E-state index < -0.39 is 5.60 Å². The number of likely N-dealkylation sites (N-methyl/N-ethyl adjacent to an activating group) is 1. The Morgan fingerprint density at radius 3 is 2.35 bits per heavy atom. The Labute approximate surface area is 162 Å². The molecule has 1 aliphatic rings. The Morgan fingerprint density at radius 2 is 1.69 bits per heavy atom. The Kier molecular flexibility index (Phi) is 4.90. The average Bonchev–Trinajstić information content (AvgIpc) is 2.69. The Balaban J connectivity index is 1.97. The van der Waals surface area contributed by atoms with Gasteiger partial charge in [0.1, 0.15) is 0 Å². The highest BCUT2D eigenvalue weighted by molar-refractivity contribution is 9.10. The first-order chi connectivity index (χ1) is 12.7. The lowest BCUT2D eigenvalue weighted by atomic mass is 9.77. The zero-order chi connectivity index (χ0) is 18.0. The van der Waals surface area contributed by atoms with Crippen LogP contribution in [-0.4, -0.2) is 30.1 Å². The highest BCUT2D eigenvalue weighted by Gasteiger charge is 2.49. The van der Waals surface area contributed by atoms with Crippen molar-refractivity contribution in [3.63, 3.8) is 0 Å². The SMILES string of the molecule is CN1CCOC(c2ccccc2)(c2ccc(Br)cn2)C1c1ccccc1. The summed E-state index contributed by atoms with van der Waals surface area (Å²) in [5.74, 6) is 0. The molecule has 1 saturated heterocycles.